The van der Waals surface area contributed by atoms with Gasteiger partial charge in [0, 0.05) is 52.1 Å². The number of likely N-dealkylation sites (tertiary alicyclic amines) is 1. The summed E-state index contributed by atoms with van der Waals surface area (Å²) in [6, 6.07) is 21.5. The summed E-state index contributed by atoms with van der Waals surface area (Å²) in [6.07, 6.45) is 7.11. The Morgan fingerprint density at radius 1 is 0.657 bits per heavy atom. The third-order valence-corrected chi connectivity index (χ3v) is 8.46. The van der Waals surface area contributed by atoms with Crippen molar-refractivity contribution in [2.45, 2.75) is 51.0 Å². The summed E-state index contributed by atoms with van der Waals surface area (Å²) in [5.74, 6) is 1.81. The van der Waals surface area contributed by atoms with Crippen LogP contribution < -0.4 is 0 Å². The fourth-order valence-corrected chi connectivity index (χ4v) is 6.47. The summed E-state index contributed by atoms with van der Waals surface area (Å²) in [4.78, 5) is 32.3. The minimum Gasteiger partial charge on any atom is -0.342 e. The Hall–Kier alpha value is -2.66. The van der Waals surface area contributed by atoms with E-state index < -0.39 is 0 Å². The van der Waals surface area contributed by atoms with E-state index in [1.807, 2.05) is 9.80 Å². The van der Waals surface area contributed by atoms with Gasteiger partial charge < -0.3 is 9.80 Å². The highest BCUT2D eigenvalue weighted by Gasteiger charge is 2.33. The molecule has 186 valence electrons. The molecule has 5 nitrogen and oxygen atoms in total. The molecule has 3 aliphatic rings. The zero-order valence-electron chi connectivity index (χ0n) is 20.9. The summed E-state index contributed by atoms with van der Waals surface area (Å²) in [5, 5.41) is 0. The minimum absolute atomic E-state index is 0.126. The lowest BCUT2D eigenvalue weighted by Crippen LogP contribution is -2.50. The van der Waals surface area contributed by atoms with Crippen molar-refractivity contribution in [1.29, 1.82) is 0 Å². The van der Waals surface area contributed by atoms with Crippen LogP contribution in [0.5, 0.6) is 0 Å². The van der Waals surface area contributed by atoms with Crippen LogP contribution in [0.4, 0.5) is 0 Å². The highest BCUT2D eigenvalue weighted by Crippen LogP contribution is 2.36. The first-order valence-corrected chi connectivity index (χ1v) is 13.6. The number of piperazine rings is 1. The van der Waals surface area contributed by atoms with Gasteiger partial charge in [-0.25, -0.2) is 0 Å². The van der Waals surface area contributed by atoms with Gasteiger partial charge in [0.25, 0.3) is 0 Å². The van der Waals surface area contributed by atoms with Crippen LogP contribution in [-0.4, -0.2) is 65.8 Å². The predicted molar refractivity (Wildman–Crippen MR) is 139 cm³/mol. The Bertz CT molecular complexity index is 932. The van der Waals surface area contributed by atoms with E-state index in [4.69, 9.17) is 0 Å². The molecule has 3 fully saturated rings. The molecule has 1 saturated carbocycles. The molecule has 2 saturated heterocycles. The van der Waals surface area contributed by atoms with E-state index in [-0.39, 0.29) is 17.9 Å². The molecule has 2 heterocycles. The molecule has 0 aromatic heterocycles. The van der Waals surface area contributed by atoms with Crippen molar-refractivity contribution in [2.24, 2.45) is 11.8 Å². The lowest BCUT2D eigenvalue weighted by molar-refractivity contribution is -0.139. The molecule has 2 amide bonds. The monoisotopic (exact) mass is 473 g/mol. The van der Waals surface area contributed by atoms with E-state index in [1.54, 1.807) is 0 Å². The molecule has 35 heavy (non-hydrogen) atoms. The Morgan fingerprint density at radius 2 is 1.20 bits per heavy atom. The van der Waals surface area contributed by atoms with Crippen LogP contribution in [0.15, 0.2) is 60.7 Å². The predicted octanol–water partition coefficient (Wildman–Crippen LogP) is 4.74. The van der Waals surface area contributed by atoms with Crippen LogP contribution in [0.25, 0.3) is 0 Å². The fourth-order valence-electron chi connectivity index (χ4n) is 6.47. The van der Waals surface area contributed by atoms with E-state index in [1.165, 1.54) is 36.8 Å². The standard InChI is InChI=1S/C30H39N3O2/c34-28(15-16-29(35)33-18-17-24-9-7-8-14-27(24)23-33)31-19-21-32(22-20-31)30(25-10-3-1-4-11-25)26-12-5-2-6-13-26/h1-6,10-13,24,27,30H,7-9,14-23H2. The third kappa shape index (κ3) is 5.78. The van der Waals surface area contributed by atoms with Crippen molar-refractivity contribution >= 4 is 11.8 Å². The molecule has 2 unspecified atom stereocenters. The van der Waals surface area contributed by atoms with Gasteiger partial charge >= 0.3 is 0 Å². The number of benzene rings is 2. The van der Waals surface area contributed by atoms with Crippen molar-refractivity contribution < 1.29 is 9.59 Å². The second-order valence-electron chi connectivity index (χ2n) is 10.6. The number of amides is 2. The lowest BCUT2D eigenvalue weighted by atomic mass is 9.75. The van der Waals surface area contributed by atoms with Gasteiger partial charge in [-0.1, -0.05) is 79.9 Å². The van der Waals surface area contributed by atoms with Gasteiger partial charge in [-0.05, 0) is 35.8 Å². The number of rotatable bonds is 6. The van der Waals surface area contributed by atoms with Crippen LogP contribution in [0.2, 0.25) is 0 Å². The van der Waals surface area contributed by atoms with Crippen LogP contribution in [-0.2, 0) is 9.59 Å². The number of hydrogen-bond acceptors (Lipinski definition) is 3. The SMILES string of the molecule is O=C(CCC(=O)N1CCC2CCCCC2C1)N1CCN(C(c2ccccc2)c2ccccc2)CC1. The van der Waals surface area contributed by atoms with Gasteiger partial charge in [0.2, 0.25) is 11.8 Å². The number of nitrogens with zero attached hydrogens (tertiary/aromatic N) is 3. The van der Waals surface area contributed by atoms with Gasteiger partial charge in [-0.3, -0.25) is 14.5 Å². The number of fused-ring (bicyclic) bond motifs is 1. The lowest BCUT2D eigenvalue weighted by Gasteiger charge is -2.41. The van der Waals surface area contributed by atoms with Gasteiger partial charge in [0.15, 0.2) is 0 Å². The molecule has 5 rings (SSSR count). The van der Waals surface area contributed by atoms with Crippen molar-refractivity contribution in [3.05, 3.63) is 71.8 Å². The van der Waals surface area contributed by atoms with E-state index in [9.17, 15) is 9.59 Å². The second-order valence-corrected chi connectivity index (χ2v) is 10.6. The van der Waals surface area contributed by atoms with Crippen LogP contribution >= 0.6 is 0 Å². The maximum atomic E-state index is 13.0. The molecule has 1 aliphatic carbocycles. The summed E-state index contributed by atoms with van der Waals surface area (Å²) in [6.45, 7) is 4.91. The van der Waals surface area contributed by atoms with Gasteiger partial charge in [0.1, 0.15) is 0 Å². The Kier molecular flexibility index (Phi) is 7.82. The van der Waals surface area contributed by atoms with Crippen LogP contribution in [0, 0.1) is 11.8 Å². The molecular formula is C30H39N3O2. The number of hydrogen-bond donors (Lipinski definition) is 0. The quantitative estimate of drug-likeness (QED) is 0.609. The minimum atomic E-state index is 0.126. The second kappa shape index (κ2) is 11.4. The van der Waals surface area contributed by atoms with Gasteiger partial charge in [-0.15, -0.1) is 0 Å². The molecule has 2 aromatic carbocycles. The third-order valence-electron chi connectivity index (χ3n) is 8.46. The molecule has 0 radical (unpaired) electrons. The zero-order chi connectivity index (χ0) is 24.0. The Morgan fingerprint density at radius 3 is 1.80 bits per heavy atom. The maximum absolute atomic E-state index is 13.0. The van der Waals surface area contributed by atoms with E-state index in [0.717, 1.165) is 51.6 Å². The highest BCUT2D eigenvalue weighted by molar-refractivity contribution is 5.84. The summed E-state index contributed by atoms with van der Waals surface area (Å²) < 4.78 is 0. The highest BCUT2D eigenvalue weighted by atomic mass is 16.2. The average molecular weight is 474 g/mol. The van der Waals surface area contributed by atoms with Crippen LogP contribution in [0.3, 0.4) is 0 Å². The van der Waals surface area contributed by atoms with E-state index in [0.29, 0.717) is 18.8 Å². The molecule has 2 aromatic rings. The van der Waals surface area contributed by atoms with E-state index in [2.05, 4.69) is 65.6 Å². The average Bonchev–Trinajstić information content (AvgIpc) is 2.93. The smallest absolute Gasteiger partial charge is 0.223 e. The normalized spacial score (nSPS) is 23.2. The first-order chi connectivity index (χ1) is 17.2. The Balaban J connectivity index is 1.13. The van der Waals surface area contributed by atoms with Gasteiger partial charge in [0.05, 0.1) is 6.04 Å². The molecule has 0 bridgehead atoms. The Labute approximate surface area is 210 Å². The van der Waals surface area contributed by atoms with Crippen molar-refractivity contribution in [1.82, 2.24) is 14.7 Å². The van der Waals surface area contributed by atoms with Crippen molar-refractivity contribution in [3.63, 3.8) is 0 Å². The maximum Gasteiger partial charge on any atom is 0.223 e. The van der Waals surface area contributed by atoms with Crippen molar-refractivity contribution in [3.8, 4) is 0 Å². The first-order valence-electron chi connectivity index (χ1n) is 13.6. The summed E-state index contributed by atoms with van der Waals surface area (Å²) in [5.41, 5.74) is 2.57. The largest absolute Gasteiger partial charge is 0.342 e. The van der Waals surface area contributed by atoms with Crippen LogP contribution in [0.1, 0.15) is 62.1 Å². The topological polar surface area (TPSA) is 43.9 Å². The number of carbonyl (C=O) groups excluding carboxylic acids is 2. The zero-order valence-corrected chi connectivity index (χ0v) is 20.9. The number of piperidine rings is 1. The first kappa shape index (κ1) is 24.1. The summed E-state index contributed by atoms with van der Waals surface area (Å²) >= 11 is 0. The molecule has 0 spiro atoms. The molecule has 2 atom stereocenters. The van der Waals surface area contributed by atoms with Gasteiger partial charge in [-0.2, -0.15) is 0 Å². The fraction of sp³-hybridized carbons (Fsp3) is 0.533. The van der Waals surface area contributed by atoms with E-state index >= 15 is 0 Å². The molecule has 2 aliphatic heterocycles. The van der Waals surface area contributed by atoms with Crippen molar-refractivity contribution in [2.75, 3.05) is 39.3 Å². The molecule has 5 heteroatoms. The molecule has 0 N–H and O–H groups in total. The summed E-state index contributed by atoms with van der Waals surface area (Å²) in [7, 11) is 0. The number of carbonyl (C=O) groups is 2. The molecular weight excluding hydrogens is 434 g/mol.